The van der Waals surface area contributed by atoms with Crippen molar-refractivity contribution in [3.8, 4) is 0 Å². The molecule has 0 bridgehead atoms. The van der Waals surface area contributed by atoms with Crippen molar-refractivity contribution in [3.63, 3.8) is 0 Å². The van der Waals surface area contributed by atoms with E-state index in [1.807, 2.05) is 78.8 Å². The zero-order chi connectivity index (χ0) is 41.0. The molecule has 0 saturated carbocycles. The Morgan fingerprint density at radius 3 is 1.98 bits per heavy atom. The van der Waals surface area contributed by atoms with E-state index in [4.69, 9.17) is 9.47 Å². The minimum absolute atomic E-state index is 0.0169. The third-order valence-electron chi connectivity index (χ3n) is 11.5. The summed E-state index contributed by atoms with van der Waals surface area (Å²) in [5.74, 6) is -3.24. The van der Waals surface area contributed by atoms with Gasteiger partial charge < -0.3 is 40.3 Å². The molecule has 54 heavy (non-hydrogen) atoms. The highest BCUT2D eigenvalue weighted by Gasteiger charge is 2.47. The van der Waals surface area contributed by atoms with Crippen LogP contribution in [0.2, 0.25) is 0 Å². The van der Waals surface area contributed by atoms with Crippen LogP contribution in [0.3, 0.4) is 0 Å². The van der Waals surface area contributed by atoms with Crippen molar-refractivity contribution in [2.24, 2.45) is 29.6 Å². The van der Waals surface area contributed by atoms with E-state index in [9.17, 15) is 29.1 Å². The van der Waals surface area contributed by atoms with Crippen LogP contribution in [0.1, 0.15) is 87.1 Å². The Morgan fingerprint density at radius 1 is 0.907 bits per heavy atom. The molecule has 1 aromatic rings. The first-order valence-corrected chi connectivity index (χ1v) is 19.5. The molecule has 1 fully saturated rings. The average Bonchev–Trinajstić information content (AvgIpc) is 3.42. The van der Waals surface area contributed by atoms with E-state index >= 15 is 0 Å². The van der Waals surface area contributed by atoms with Gasteiger partial charge in [0, 0.05) is 33.7 Å². The number of amides is 4. The summed E-state index contributed by atoms with van der Waals surface area (Å²) in [5.41, 5.74) is 0.783. The molecule has 0 aliphatic carbocycles. The van der Waals surface area contributed by atoms with Crippen molar-refractivity contribution < 1.29 is 38.6 Å². The second kappa shape index (κ2) is 21.5. The first-order chi connectivity index (χ1) is 25.4. The number of carboxylic acids is 1. The van der Waals surface area contributed by atoms with Crippen LogP contribution >= 0.6 is 0 Å². The maximum atomic E-state index is 14.5. The number of likely N-dealkylation sites (tertiary alicyclic amines) is 1. The van der Waals surface area contributed by atoms with Crippen LogP contribution < -0.4 is 16.0 Å². The number of carbonyl (C=O) groups is 5. The molecule has 2 rings (SSSR count). The van der Waals surface area contributed by atoms with Gasteiger partial charge in [-0.05, 0) is 49.6 Å². The number of nitrogens with zero attached hydrogens (tertiary/aromatic N) is 2. The third kappa shape index (κ3) is 11.7. The average molecular weight is 760 g/mol. The summed E-state index contributed by atoms with van der Waals surface area (Å²) in [5, 5.41) is 18.7. The van der Waals surface area contributed by atoms with Crippen LogP contribution in [0.25, 0.3) is 0 Å². The largest absolute Gasteiger partial charge is 0.480 e. The number of methoxy groups -OCH3 is 2. The quantitative estimate of drug-likeness (QED) is 0.146. The number of ether oxygens (including phenoxy) is 2. The maximum absolute atomic E-state index is 14.5. The second-order valence-electron chi connectivity index (χ2n) is 15.9. The minimum Gasteiger partial charge on any atom is -0.480 e. The van der Waals surface area contributed by atoms with Gasteiger partial charge in [0.2, 0.25) is 23.6 Å². The van der Waals surface area contributed by atoms with E-state index in [1.54, 1.807) is 37.9 Å². The fraction of sp³-hybridized carbons (Fsp3) is 0.732. The number of carboxylic acid groups (broad SMARTS) is 1. The van der Waals surface area contributed by atoms with Crippen LogP contribution in [0.4, 0.5) is 0 Å². The summed E-state index contributed by atoms with van der Waals surface area (Å²) < 4.78 is 12.0. The molecule has 4 N–H and O–H groups in total. The van der Waals surface area contributed by atoms with Gasteiger partial charge in [0.1, 0.15) is 12.1 Å². The Hall–Kier alpha value is -3.55. The molecule has 0 aromatic heterocycles. The number of aliphatic carboxylic acids is 1. The highest BCUT2D eigenvalue weighted by molar-refractivity contribution is 5.90. The summed E-state index contributed by atoms with van der Waals surface area (Å²) in [6.07, 6.45) is -0.00000613. The molecule has 1 aromatic carbocycles. The predicted molar refractivity (Wildman–Crippen MR) is 209 cm³/mol. The number of likely N-dealkylation sites (N-methyl/N-ethyl adjacent to an activating group) is 2. The Bertz CT molecular complexity index is 1380. The molecule has 11 atom stereocenters. The number of rotatable bonds is 21. The second-order valence-corrected chi connectivity index (χ2v) is 15.9. The topological polar surface area (TPSA) is 167 Å². The van der Waals surface area contributed by atoms with Gasteiger partial charge in [-0.1, -0.05) is 92.1 Å². The number of nitrogens with one attached hydrogen (secondary N) is 3. The van der Waals surface area contributed by atoms with Crippen LogP contribution in [0, 0.1) is 29.6 Å². The molecule has 306 valence electrons. The van der Waals surface area contributed by atoms with E-state index in [2.05, 4.69) is 22.9 Å². The van der Waals surface area contributed by atoms with Gasteiger partial charge >= 0.3 is 5.97 Å². The number of hydrogen-bond acceptors (Lipinski definition) is 8. The zero-order valence-corrected chi connectivity index (χ0v) is 34.9. The van der Waals surface area contributed by atoms with Gasteiger partial charge in [-0.2, -0.15) is 0 Å². The van der Waals surface area contributed by atoms with Gasteiger partial charge in [0.05, 0.1) is 42.7 Å². The van der Waals surface area contributed by atoms with E-state index in [0.717, 1.165) is 5.56 Å². The van der Waals surface area contributed by atoms with Crippen LogP contribution in [-0.4, -0.2) is 121 Å². The molecule has 2 unspecified atom stereocenters. The third-order valence-corrected chi connectivity index (χ3v) is 11.5. The summed E-state index contributed by atoms with van der Waals surface area (Å²) in [7, 11) is 6.48. The first kappa shape index (κ1) is 46.6. The fourth-order valence-electron chi connectivity index (χ4n) is 7.92. The summed E-state index contributed by atoms with van der Waals surface area (Å²) in [6.45, 7) is 17.5. The van der Waals surface area contributed by atoms with Gasteiger partial charge in [-0.25, -0.2) is 4.79 Å². The fourth-order valence-corrected chi connectivity index (χ4v) is 7.92. The van der Waals surface area contributed by atoms with E-state index in [-0.39, 0.29) is 60.3 Å². The molecular formula is C41H69N5O8. The lowest BCUT2D eigenvalue weighted by Gasteiger charge is -2.41. The van der Waals surface area contributed by atoms with Gasteiger partial charge in [-0.3, -0.25) is 19.2 Å². The molecule has 1 heterocycles. The van der Waals surface area contributed by atoms with Crippen LogP contribution in [0.5, 0.6) is 0 Å². The van der Waals surface area contributed by atoms with Crippen LogP contribution in [-0.2, 0) is 39.9 Å². The highest BCUT2D eigenvalue weighted by atomic mass is 16.5. The summed E-state index contributed by atoms with van der Waals surface area (Å²) >= 11 is 0. The molecule has 0 spiro atoms. The zero-order valence-electron chi connectivity index (χ0n) is 34.9. The molecule has 1 aliphatic rings. The molecule has 4 amide bonds. The Labute approximate surface area is 323 Å². The number of carbonyl (C=O) groups excluding carboxylic acids is 4. The van der Waals surface area contributed by atoms with Gasteiger partial charge in [0.15, 0.2) is 0 Å². The molecule has 0 radical (unpaired) electrons. The van der Waals surface area contributed by atoms with E-state index in [1.165, 1.54) is 7.11 Å². The van der Waals surface area contributed by atoms with Crippen molar-refractivity contribution in [2.45, 2.75) is 136 Å². The van der Waals surface area contributed by atoms with Crippen molar-refractivity contribution in [2.75, 3.05) is 28.3 Å². The smallest absolute Gasteiger partial charge is 0.326 e. The highest BCUT2D eigenvalue weighted by Crippen LogP contribution is 2.36. The Balaban J connectivity index is 2.36. The van der Waals surface area contributed by atoms with Gasteiger partial charge in [0.25, 0.3) is 0 Å². The van der Waals surface area contributed by atoms with Crippen LogP contribution in [0.15, 0.2) is 30.3 Å². The SMILES string of the molecule is CC[C@H](C)[C@@H](C(CC(=O)N1C(C)[C@@H](C)C[C@H]1[C@H](OC)[C@@H](C)C(=O)N[C@@H](Cc1ccccc1)C(=O)O)OC)N(C)C(=O)[C@@H](NC(=O)[C@@H](NC)C(C)C)C(C)C. The Kier molecular flexibility index (Phi) is 18.6. The van der Waals surface area contributed by atoms with E-state index in [0.29, 0.717) is 12.8 Å². The van der Waals surface area contributed by atoms with Crippen molar-refractivity contribution >= 4 is 29.6 Å². The molecule has 1 saturated heterocycles. The first-order valence-electron chi connectivity index (χ1n) is 19.5. The monoisotopic (exact) mass is 760 g/mol. The van der Waals surface area contributed by atoms with Crippen molar-refractivity contribution in [1.29, 1.82) is 0 Å². The Morgan fingerprint density at radius 2 is 1.50 bits per heavy atom. The standard InChI is InChI=1S/C41H69N5O8/c1-14-25(6)36(45(11)40(50)35(24(4)5)44-39(49)34(42-10)23(2)3)32(53-12)22-33(47)46-28(9)26(7)20-31(46)37(54-13)27(8)38(48)43-30(41(51)52)21-29-18-16-15-17-19-29/h15-19,23-28,30-32,34-37,42H,14,20-22H2,1-13H3,(H,43,48)(H,44,49)(H,51,52)/t25-,26-,27+,28?,30-,31-,32?,34-,35-,36-,37+/m0/s1. The maximum Gasteiger partial charge on any atom is 0.326 e. The lowest BCUT2D eigenvalue weighted by molar-refractivity contribution is -0.149. The lowest BCUT2D eigenvalue weighted by Crippen LogP contribution is -2.60. The number of benzene rings is 1. The molecule has 13 heteroatoms. The van der Waals surface area contributed by atoms with Gasteiger partial charge in [-0.15, -0.1) is 0 Å². The van der Waals surface area contributed by atoms with Crippen molar-refractivity contribution in [3.05, 3.63) is 35.9 Å². The minimum atomic E-state index is -1.14. The molecule has 1 aliphatic heterocycles. The lowest BCUT2D eigenvalue weighted by atomic mass is 9.89. The molecular weight excluding hydrogens is 690 g/mol. The summed E-state index contributed by atoms with van der Waals surface area (Å²) in [4.78, 5) is 71.1. The van der Waals surface area contributed by atoms with E-state index < -0.39 is 60.2 Å². The molecule has 13 nitrogen and oxygen atoms in total. The number of hydrogen-bond donors (Lipinski definition) is 4. The normalized spacial score (nSPS) is 21.8. The van der Waals surface area contributed by atoms with Crippen molar-refractivity contribution in [1.82, 2.24) is 25.8 Å². The summed E-state index contributed by atoms with van der Waals surface area (Å²) in [6, 6.07) is 5.58. The predicted octanol–water partition coefficient (Wildman–Crippen LogP) is 3.74.